The molecule has 11 rings (SSSR count). The molecule has 2 aromatic carbocycles. The van der Waals surface area contributed by atoms with E-state index >= 15 is 0 Å². The van der Waals surface area contributed by atoms with Crippen LogP contribution in [-0.2, 0) is 31.6 Å². The number of hydrogen-bond acceptors (Lipinski definition) is 0. The maximum absolute atomic E-state index is 2.58. The summed E-state index contributed by atoms with van der Waals surface area (Å²) in [5, 5.41) is 0. The Morgan fingerprint density at radius 3 is 1.73 bits per heavy atom. The van der Waals surface area contributed by atoms with Gasteiger partial charge in [-0.3, -0.25) is 0 Å². The van der Waals surface area contributed by atoms with Crippen LogP contribution in [0.1, 0.15) is 100 Å². The molecule has 8 saturated carbocycles. The van der Waals surface area contributed by atoms with Crippen LogP contribution in [0.25, 0.3) is 17.2 Å². The van der Waals surface area contributed by atoms with Crippen LogP contribution in [0.3, 0.4) is 0 Å². The third-order valence-electron chi connectivity index (χ3n) is 12.4. The number of benzene rings is 2. The molecule has 37 heavy (non-hydrogen) atoms. The van der Waals surface area contributed by atoms with E-state index in [9.17, 15) is 0 Å². The quantitative estimate of drug-likeness (QED) is 0.347. The van der Waals surface area contributed by atoms with Crippen molar-refractivity contribution in [3.63, 3.8) is 0 Å². The van der Waals surface area contributed by atoms with E-state index in [2.05, 4.69) is 55.0 Å². The largest absolute Gasteiger partial charge is 0.0613 e. The first-order valence-corrected chi connectivity index (χ1v) is 15.4. The summed E-state index contributed by atoms with van der Waals surface area (Å²) in [5.41, 5.74) is 10.2. The smallest absolute Gasteiger partial charge is 0.0164 e. The van der Waals surface area contributed by atoms with Gasteiger partial charge in [-0.25, -0.2) is 0 Å². The zero-order valence-corrected chi connectivity index (χ0v) is 24.8. The van der Waals surface area contributed by atoms with Crippen molar-refractivity contribution >= 4 is 6.08 Å². The van der Waals surface area contributed by atoms with Gasteiger partial charge in [0.2, 0.25) is 0 Å². The molecule has 0 heterocycles. The summed E-state index contributed by atoms with van der Waals surface area (Å²) in [6.07, 6.45) is 24.6. The Hall–Kier alpha value is -0.937. The molecule has 8 fully saturated rings. The molecule has 0 saturated heterocycles. The first kappa shape index (κ1) is 23.9. The summed E-state index contributed by atoms with van der Waals surface area (Å²) in [7, 11) is 0. The van der Waals surface area contributed by atoms with Crippen molar-refractivity contribution in [1.82, 2.24) is 0 Å². The minimum atomic E-state index is 0. The zero-order valence-electron chi connectivity index (χ0n) is 22.4. The van der Waals surface area contributed by atoms with Gasteiger partial charge in [-0.2, -0.15) is 0 Å². The molecule has 0 spiro atoms. The van der Waals surface area contributed by atoms with Crippen molar-refractivity contribution in [1.29, 1.82) is 0 Å². The van der Waals surface area contributed by atoms with Crippen LogP contribution in [-0.4, -0.2) is 0 Å². The predicted molar refractivity (Wildman–Crippen MR) is 148 cm³/mol. The second-order valence-corrected chi connectivity index (χ2v) is 15.0. The summed E-state index contributed by atoms with van der Waals surface area (Å²) in [6, 6.07) is 17.0. The van der Waals surface area contributed by atoms with Crippen LogP contribution >= 0.6 is 0 Å². The third-order valence-corrected chi connectivity index (χ3v) is 12.4. The van der Waals surface area contributed by atoms with Crippen LogP contribution < -0.4 is 0 Å². The maximum Gasteiger partial charge on any atom is 0.0164 e. The Bertz CT molecular complexity index is 1180. The molecule has 1 radical (unpaired) electrons. The fourth-order valence-electron chi connectivity index (χ4n) is 12.1. The molecule has 0 N–H and O–H groups in total. The van der Waals surface area contributed by atoms with Crippen LogP contribution in [0.4, 0.5) is 0 Å². The molecule has 0 amide bonds. The molecule has 9 aliphatic carbocycles. The maximum atomic E-state index is 2.58. The summed E-state index contributed by atoms with van der Waals surface area (Å²) < 4.78 is 0. The second-order valence-electron chi connectivity index (χ2n) is 15.0. The number of hydrogen-bond donors (Lipinski definition) is 0. The van der Waals surface area contributed by atoms with Gasteiger partial charge in [0.1, 0.15) is 0 Å². The number of allylic oxidation sites excluding steroid dienone is 1. The van der Waals surface area contributed by atoms with Crippen LogP contribution in [0, 0.1) is 47.3 Å². The second kappa shape index (κ2) is 8.53. The van der Waals surface area contributed by atoms with E-state index < -0.39 is 0 Å². The Balaban J connectivity index is 0.00000215. The summed E-state index contributed by atoms with van der Waals surface area (Å²) in [6.45, 7) is 0. The van der Waals surface area contributed by atoms with Crippen molar-refractivity contribution in [3.8, 4) is 11.1 Å². The average Bonchev–Trinajstić information content (AvgIpc) is 3.24. The van der Waals surface area contributed by atoms with Gasteiger partial charge < -0.3 is 0 Å². The molecular weight excluding hydrogens is 524 g/mol. The van der Waals surface area contributed by atoms with Crippen molar-refractivity contribution in [2.24, 2.45) is 40.9 Å². The molecule has 0 unspecified atom stereocenters. The fraction of sp³-hybridized carbons (Fsp3) is 0.583. The van der Waals surface area contributed by atoms with E-state index in [1.165, 1.54) is 86.5 Å². The van der Waals surface area contributed by atoms with Gasteiger partial charge in [0, 0.05) is 32.6 Å². The Morgan fingerprint density at radius 1 is 0.622 bits per heavy atom. The van der Waals surface area contributed by atoms with E-state index in [0.717, 1.165) is 35.5 Å². The van der Waals surface area contributed by atoms with Crippen molar-refractivity contribution in [2.75, 3.05) is 0 Å². The summed E-state index contributed by atoms with van der Waals surface area (Å²) >= 11 is 0. The van der Waals surface area contributed by atoms with Gasteiger partial charge in [0.05, 0.1) is 0 Å². The number of fused-ring (bicyclic) bond motifs is 1. The minimum Gasteiger partial charge on any atom is -0.0613 e. The molecule has 0 nitrogen and oxygen atoms in total. The first-order valence-electron chi connectivity index (χ1n) is 15.4. The van der Waals surface area contributed by atoms with Crippen molar-refractivity contribution in [3.05, 3.63) is 71.1 Å². The third kappa shape index (κ3) is 3.83. The van der Waals surface area contributed by atoms with Crippen LogP contribution in [0.5, 0.6) is 0 Å². The predicted octanol–water partition coefficient (Wildman–Crippen LogP) is 9.37. The standard InChI is InChI=1S/C36H41.Zr/c1-2-31-14-29(19-35-16-23-8-24(17-35)10-25(9-23)18-35)15-34(31)33(3-1)30-4-6-32(7-5-30)36-20-26-11-27(21-36)13-28(12-26)22-36;/h1-7,14-15,23-28H,8-13,16-22H2;. The van der Waals surface area contributed by atoms with Gasteiger partial charge in [-0.05, 0) is 158 Å². The molecule has 0 atom stereocenters. The molecule has 2 aromatic rings. The number of rotatable bonds is 4. The minimum absolute atomic E-state index is 0. The molecular formula is C36H41Zr. The van der Waals surface area contributed by atoms with Gasteiger partial charge >= 0.3 is 0 Å². The van der Waals surface area contributed by atoms with E-state index in [1.807, 2.05) is 0 Å². The van der Waals surface area contributed by atoms with E-state index in [1.54, 1.807) is 30.4 Å². The zero-order chi connectivity index (χ0) is 23.5. The van der Waals surface area contributed by atoms with Crippen molar-refractivity contribution in [2.45, 2.75) is 88.9 Å². The Labute approximate surface area is 243 Å². The Morgan fingerprint density at radius 2 is 1.16 bits per heavy atom. The summed E-state index contributed by atoms with van der Waals surface area (Å²) in [4.78, 5) is 0. The topological polar surface area (TPSA) is 0 Å². The van der Waals surface area contributed by atoms with Gasteiger partial charge in [0.15, 0.2) is 0 Å². The van der Waals surface area contributed by atoms with Crippen molar-refractivity contribution < 1.29 is 26.2 Å². The molecule has 9 aliphatic rings. The van der Waals surface area contributed by atoms with Crippen LogP contribution in [0.2, 0.25) is 0 Å². The summed E-state index contributed by atoms with van der Waals surface area (Å²) in [5.74, 6) is 6.18. The van der Waals surface area contributed by atoms with E-state index in [-0.39, 0.29) is 26.2 Å². The molecule has 0 aromatic heterocycles. The van der Waals surface area contributed by atoms with E-state index in [4.69, 9.17) is 0 Å². The van der Waals surface area contributed by atoms with E-state index in [0.29, 0.717) is 10.8 Å². The Kier molecular flexibility index (Phi) is 5.51. The van der Waals surface area contributed by atoms with Gasteiger partial charge in [-0.15, -0.1) is 0 Å². The van der Waals surface area contributed by atoms with Gasteiger partial charge in [-0.1, -0.05) is 54.1 Å². The van der Waals surface area contributed by atoms with Gasteiger partial charge in [0.25, 0.3) is 0 Å². The fourth-order valence-corrected chi connectivity index (χ4v) is 12.1. The first-order chi connectivity index (χ1) is 17.6. The monoisotopic (exact) mass is 563 g/mol. The molecule has 1 heteroatoms. The molecule has 0 aliphatic heterocycles. The normalized spacial score (nSPS) is 42.0. The molecule has 189 valence electrons. The average molecular weight is 565 g/mol. The molecule has 8 bridgehead atoms. The SMILES string of the molecule is [CH]1C(CC23CC4CC(CC(C4)C2)C3)=Cc2c1cccc2-c1ccc(C23CC4CC(CC(C4)C2)C3)cc1.[Zr]. The van der Waals surface area contributed by atoms with Crippen LogP contribution in [0.15, 0.2) is 48.0 Å².